The molecule has 0 bridgehead atoms. The number of esters is 1. The molecule has 14 heavy (non-hydrogen) atoms. The van der Waals surface area contributed by atoms with Crippen LogP contribution in [0.5, 0.6) is 0 Å². The highest BCUT2D eigenvalue weighted by atomic mass is 16.5. The Balaban J connectivity index is 2.64. The van der Waals surface area contributed by atoms with Gasteiger partial charge in [0, 0.05) is 5.56 Å². The minimum Gasteiger partial charge on any atom is -0.461 e. The lowest BCUT2D eigenvalue weighted by Crippen LogP contribution is -2.10. The highest BCUT2D eigenvalue weighted by Gasteiger charge is 1.98. The summed E-state index contributed by atoms with van der Waals surface area (Å²) in [5.41, 5.74) is 6.76. The van der Waals surface area contributed by atoms with Gasteiger partial charge in [-0.15, -0.1) is 0 Å². The minimum absolute atomic E-state index is 0.0192. The number of nitrogens with one attached hydrogen (secondary N) is 1. The van der Waals surface area contributed by atoms with Crippen molar-refractivity contribution in [1.82, 2.24) is 0 Å². The smallest absolute Gasteiger partial charge is 0.306 e. The van der Waals surface area contributed by atoms with E-state index in [9.17, 15) is 4.79 Å². The predicted molar refractivity (Wildman–Crippen MR) is 52.6 cm³/mol. The third kappa shape index (κ3) is 2.90. The van der Waals surface area contributed by atoms with Crippen LogP contribution in [0.2, 0.25) is 0 Å². The van der Waals surface area contributed by atoms with Gasteiger partial charge in [-0.3, -0.25) is 10.2 Å². The van der Waals surface area contributed by atoms with E-state index >= 15 is 0 Å². The Morgan fingerprint density at radius 3 is 2.43 bits per heavy atom. The Bertz CT molecular complexity index is 344. The maximum Gasteiger partial charge on any atom is 0.306 e. The van der Waals surface area contributed by atoms with E-state index in [1.165, 1.54) is 0 Å². The molecule has 73 valence electrons. The van der Waals surface area contributed by atoms with Crippen molar-refractivity contribution in [3.05, 3.63) is 42.3 Å². The van der Waals surface area contributed by atoms with Gasteiger partial charge in [0.2, 0.25) is 0 Å². The highest BCUT2D eigenvalue weighted by molar-refractivity contribution is 5.94. The normalized spacial score (nSPS) is 9.50. The first-order chi connectivity index (χ1) is 6.59. The van der Waals surface area contributed by atoms with Crippen molar-refractivity contribution < 1.29 is 9.53 Å². The summed E-state index contributed by atoms with van der Waals surface area (Å²) in [5, 5.41) is 7.16. The maximum absolute atomic E-state index is 10.4. The molecule has 1 aromatic carbocycles. The van der Waals surface area contributed by atoms with Crippen molar-refractivity contribution in [3.63, 3.8) is 0 Å². The topological polar surface area (TPSA) is 76.2 Å². The molecule has 0 aliphatic heterocycles. The monoisotopic (exact) mass is 191 g/mol. The van der Waals surface area contributed by atoms with E-state index in [-0.39, 0.29) is 12.4 Å². The fraction of sp³-hybridized carbons (Fsp3) is 0.100. The summed E-state index contributed by atoms with van der Waals surface area (Å²) in [6.45, 7) is 3.28. The number of hydrogen-bond acceptors (Lipinski definition) is 3. The lowest BCUT2D eigenvalue weighted by Gasteiger charge is -2.03. The fourth-order valence-corrected chi connectivity index (χ4v) is 0.944. The van der Waals surface area contributed by atoms with E-state index in [0.717, 1.165) is 5.56 Å². The average Bonchev–Trinajstić information content (AvgIpc) is 2.15. The molecular formula is C10H11N2O2. The summed E-state index contributed by atoms with van der Waals surface area (Å²) < 4.78 is 4.69. The maximum atomic E-state index is 10.4. The van der Waals surface area contributed by atoms with E-state index in [4.69, 9.17) is 15.9 Å². The molecule has 1 rings (SSSR count). The third-order valence-corrected chi connectivity index (χ3v) is 1.66. The lowest BCUT2D eigenvalue weighted by atomic mass is 10.1. The number of nitrogen functional groups attached to an aromatic ring is 1. The Labute approximate surface area is 82.2 Å². The lowest BCUT2D eigenvalue weighted by molar-refractivity contribution is -0.139. The van der Waals surface area contributed by atoms with Gasteiger partial charge in [0.25, 0.3) is 0 Å². The quantitative estimate of drug-likeness (QED) is 0.422. The zero-order chi connectivity index (χ0) is 10.6. The minimum atomic E-state index is -0.555. The Kier molecular flexibility index (Phi) is 3.23. The average molecular weight is 191 g/mol. The van der Waals surface area contributed by atoms with Gasteiger partial charge >= 0.3 is 5.97 Å². The second kappa shape index (κ2) is 4.41. The number of ether oxygens (including phenoxy) is 1. The second-order valence-electron chi connectivity index (χ2n) is 2.77. The predicted octanol–water partition coefficient (Wildman–Crippen LogP) is 0.848. The van der Waals surface area contributed by atoms with Crippen LogP contribution in [-0.2, 0) is 16.1 Å². The van der Waals surface area contributed by atoms with Gasteiger partial charge in [-0.25, -0.2) is 0 Å². The van der Waals surface area contributed by atoms with Crippen LogP contribution >= 0.6 is 0 Å². The van der Waals surface area contributed by atoms with Crippen LogP contribution in [0.4, 0.5) is 0 Å². The SMILES string of the molecule is [CH2]C(=O)OCc1ccc(C(=N)N)cc1. The molecule has 0 heterocycles. The molecule has 1 radical (unpaired) electrons. The number of rotatable bonds is 3. The van der Waals surface area contributed by atoms with Crippen molar-refractivity contribution >= 4 is 11.8 Å². The van der Waals surface area contributed by atoms with Gasteiger partial charge in [-0.2, -0.15) is 0 Å². The molecule has 0 saturated heterocycles. The van der Waals surface area contributed by atoms with Crippen LogP contribution in [0.25, 0.3) is 0 Å². The first-order valence-electron chi connectivity index (χ1n) is 4.01. The van der Waals surface area contributed by atoms with Crippen LogP contribution in [0.15, 0.2) is 24.3 Å². The zero-order valence-corrected chi connectivity index (χ0v) is 7.62. The van der Waals surface area contributed by atoms with Crippen LogP contribution in [0.1, 0.15) is 11.1 Å². The number of hydrogen-bond donors (Lipinski definition) is 2. The van der Waals surface area contributed by atoms with Gasteiger partial charge in [-0.1, -0.05) is 24.3 Å². The fourth-order valence-electron chi connectivity index (χ4n) is 0.944. The number of benzene rings is 1. The summed E-state index contributed by atoms with van der Waals surface area (Å²) in [6, 6.07) is 6.91. The van der Waals surface area contributed by atoms with E-state index in [0.29, 0.717) is 5.56 Å². The van der Waals surface area contributed by atoms with E-state index in [1.807, 2.05) is 0 Å². The molecule has 0 saturated carbocycles. The number of amidine groups is 1. The molecule has 0 fully saturated rings. The van der Waals surface area contributed by atoms with E-state index in [2.05, 4.69) is 6.92 Å². The van der Waals surface area contributed by atoms with Crippen molar-refractivity contribution in [3.8, 4) is 0 Å². The number of carbonyl (C=O) groups excluding carboxylic acids is 1. The van der Waals surface area contributed by atoms with E-state index in [1.54, 1.807) is 24.3 Å². The summed E-state index contributed by atoms with van der Waals surface area (Å²) in [6.07, 6.45) is 0. The Morgan fingerprint density at radius 2 is 2.00 bits per heavy atom. The summed E-state index contributed by atoms with van der Waals surface area (Å²) in [7, 11) is 0. The first-order valence-corrected chi connectivity index (χ1v) is 4.01. The molecule has 0 unspecified atom stereocenters. The Hall–Kier alpha value is -1.84. The Morgan fingerprint density at radius 1 is 1.43 bits per heavy atom. The summed E-state index contributed by atoms with van der Waals surface area (Å²) >= 11 is 0. The molecule has 0 spiro atoms. The standard InChI is InChI=1S/C10H11N2O2/c1-7(13)14-6-8-2-4-9(5-3-8)10(11)12/h2-5H,1,6H2,(H3,11,12). The summed E-state index contributed by atoms with van der Waals surface area (Å²) in [4.78, 5) is 10.4. The largest absolute Gasteiger partial charge is 0.461 e. The van der Waals surface area contributed by atoms with Gasteiger partial charge in [0.15, 0.2) is 0 Å². The van der Waals surface area contributed by atoms with Gasteiger partial charge < -0.3 is 10.5 Å². The van der Waals surface area contributed by atoms with Crippen molar-refractivity contribution in [2.45, 2.75) is 6.61 Å². The van der Waals surface area contributed by atoms with Gasteiger partial charge in [0.1, 0.15) is 12.4 Å². The van der Waals surface area contributed by atoms with Crippen molar-refractivity contribution in [2.75, 3.05) is 0 Å². The van der Waals surface area contributed by atoms with Gasteiger partial charge in [0.05, 0.1) is 6.92 Å². The molecule has 0 amide bonds. The molecule has 0 aliphatic rings. The number of nitrogens with two attached hydrogens (primary N) is 1. The summed E-state index contributed by atoms with van der Waals surface area (Å²) in [5.74, 6) is -0.536. The van der Waals surface area contributed by atoms with Crippen LogP contribution < -0.4 is 5.73 Å². The third-order valence-electron chi connectivity index (χ3n) is 1.66. The number of carbonyl (C=O) groups is 1. The van der Waals surface area contributed by atoms with Crippen LogP contribution in [-0.4, -0.2) is 11.8 Å². The molecule has 3 N–H and O–H groups in total. The molecular weight excluding hydrogens is 180 g/mol. The molecule has 1 aromatic rings. The van der Waals surface area contributed by atoms with Crippen LogP contribution in [0, 0.1) is 12.3 Å². The van der Waals surface area contributed by atoms with Crippen molar-refractivity contribution in [1.29, 1.82) is 5.41 Å². The highest BCUT2D eigenvalue weighted by Crippen LogP contribution is 2.05. The second-order valence-corrected chi connectivity index (χ2v) is 2.77. The molecule has 0 aliphatic carbocycles. The molecule has 0 atom stereocenters. The molecule has 4 heteroatoms. The first kappa shape index (κ1) is 10.2. The van der Waals surface area contributed by atoms with Crippen LogP contribution in [0.3, 0.4) is 0 Å². The zero-order valence-electron chi connectivity index (χ0n) is 7.62. The van der Waals surface area contributed by atoms with Gasteiger partial charge in [-0.05, 0) is 5.56 Å². The van der Waals surface area contributed by atoms with Crippen molar-refractivity contribution in [2.24, 2.45) is 5.73 Å². The molecule has 4 nitrogen and oxygen atoms in total. The molecule has 0 aromatic heterocycles. The van der Waals surface area contributed by atoms with E-state index < -0.39 is 5.97 Å².